The second-order valence-corrected chi connectivity index (χ2v) is 9.49. The Bertz CT molecular complexity index is 659. The van der Waals surface area contributed by atoms with E-state index >= 15 is 0 Å². The van der Waals surface area contributed by atoms with Gasteiger partial charge in [-0.2, -0.15) is 0 Å². The van der Waals surface area contributed by atoms with Crippen LogP contribution in [0.3, 0.4) is 0 Å². The maximum atomic E-state index is 12.2. The summed E-state index contributed by atoms with van der Waals surface area (Å²) in [6.45, 7) is 7.04. The summed E-state index contributed by atoms with van der Waals surface area (Å²) in [5.74, 6) is 0.728. The second-order valence-electron chi connectivity index (χ2n) is 8.67. The molecule has 2 aliphatic rings. The number of ether oxygens (including phenoxy) is 1. The van der Waals surface area contributed by atoms with E-state index in [4.69, 9.17) is 4.74 Å². The lowest BCUT2D eigenvalue weighted by atomic mass is 9.76. The van der Waals surface area contributed by atoms with Crippen molar-refractivity contribution >= 4 is 22.0 Å². The Morgan fingerprint density at radius 2 is 1.92 bits per heavy atom. The average Bonchev–Trinajstić information content (AvgIpc) is 2.99. The number of amides is 1. The highest BCUT2D eigenvalue weighted by Gasteiger charge is 2.51. The van der Waals surface area contributed by atoms with Crippen LogP contribution in [0.2, 0.25) is 0 Å². The molecule has 1 saturated heterocycles. The fourth-order valence-electron chi connectivity index (χ4n) is 4.24. The molecule has 6 nitrogen and oxygen atoms in total. The maximum absolute atomic E-state index is 12.2. The van der Waals surface area contributed by atoms with Crippen LogP contribution in [0.25, 0.3) is 0 Å². The normalized spacial score (nSPS) is 26.2. The molecule has 1 unspecified atom stereocenters. The summed E-state index contributed by atoms with van der Waals surface area (Å²) in [5.41, 5.74) is -1.26. The van der Waals surface area contributed by atoms with Crippen LogP contribution >= 0.6 is 15.9 Å². The zero-order valence-corrected chi connectivity index (χ0v) is 17.1. The Morgan fingerprint density at radius 3 is 2.44 bits per heavy atom. The SMILES string of the molecule is Cn1cc(Br)nc1C1(O)CCC2(CCN(C(=O)OC(C)(C)C)CC2)C1. The minimum absolute atomic E-state index is 0.0890. The topological polar surface area (TPSA) is 67.6 Å². The predicted molar refractivity (Wildman–Crippen MR) is 98.1 cm³/mol. The molecule has 0 bridgehead atoms. The van der Waals surface area contributed by atoms with Crippen molar-refractivity contribution in [1.82, 2.24) is 14.5 Å². The number of aromatic nitrogens is 2. The molecule has 2 fully saturated rings. The number of carbonyl (C=O) groups excluding carboxylic acids is 1. The first-order valence-corrected chi connectivity index (χ1v) is 9.71. The smallest absolute Gasteiger partial charge is 0.410 e. The minimum atomic E-state index is -0.880. The third-order valence-electron chi connectivity index (χ3n) is 5.48. The third-order valence-corrected chi connectivity index (χ3v) is 5.86. The molecular weight excluding hydrogens is 386 g/mol. The Morgan fingerprint density at radius 1 is 1.28 bits per heavy atom. The second kappa shape index (κ2) is 6.27. The molecule has 1 aromatic heterocycles. The van der Waals surface area contributed by atoms with E-state index in [9.17, 15) is 9.90 Å². The van der Waals surface area contributed by atoms with Gasteiger partial charge in [-0.05, 0) is 74.2 Å². The lowest BCUT2D eigenvalue weighted by Crippen LogP contribution is -2.45. The fourth-order valence-corrected chi connectivity index (χ4v) is 4.71. The number of nitrogens with zero attached hydrogens (tertiary/aromatic N) is 3. The van der Waals surface area contributed by atoms with Crippen LogP contribution in [0.4, 0.5) is 4.79 Å². The van der Waals surface area contributed by atoms with E-state index in [1.54, 1.807) is 4.90 Å². The number of hydrogen-bond donors (Lipinski definition) is 1. The van der Waals surface area contributed by atoms with Crippen molar-refractivity contribution in [2.75, 3.05) is 13.1 Å². The van der Waals surface area contributed by atoms with Gasteiger partial charge in [-0.25, -0.2) is 9.78 Å². The van der Waals surface area contributed by atoms with E-state index in [2.05, 4.69) is 20.9 Å². The molecule has 1 amide bonds. The lowest BCUT2D eigenvalue weighted by Gasteiger charge is -2.40. The predicted octanol–water partition coefficient (Wildman–Crippen LogP) is 3.57. The first-order valence-electron chi connectivity index (χ1n) is 8.92. The molecule has 1 N–H and O–H groups in total. The molecule has 0 aromatic carbocycles. The molecule has 0 radical (unpaired) electrons. The summed E-state index contributed by atoms with van der Waals surface area (Å²) in [6.07, 6.45) is 5.85. The van der Waals surface area contributed by atoms with Crippen molar-refractivity contribution in [3.63, 3.8) is 0 Å². The standard InChI is InChI=1S/C18H28BrN3O3/c1-16(2,3)25-15(23)22-9-7-17(8-10-22)5-6-18(24,12-17)14-20-13(19)11-21(14)4/h11,24H,5-10,12H2,1-4H3. The highest BCUT2D eigenvalue weighted by Crippen LogP contribution is 2.54. The lowest BCUT2D eigenvalue weighted by molar-refractivity contribution is -0.00507. The van der Waals surface area contributed by atoms with Gasteiger partial charge in [0.25, 0.3) is 0 Å². The van der Waals surface area contributed by atoms with Gasteiger partial charge < -0.3 is 19.3 Å². The zero-order valence-electron chi connectivity index (χ0n) is 15.5. The van der Waals surface area contributed by atoms with Gasteiger partial charge in [0, 0.05) is 26.3 Å². The summed E-state index contributed by atoms with van der Waals surface area (Å²) < 4.78 is 8.13. The van der Waals surface area contributed by atoms with Gasteiger partial charge in [0.1, 0.15) is 21.6 Å². The number of piperidine rings is 1. The van der Waals surface area contributed by atoms with Crippen molar-refractivity contribution < 1.29 is 14.6 Å². The van der Waals surface area contributed by atoms with Crippen molar-refractivity contribution in [1.29, 1.82) is 0 Å². The van der Waals surface area contributed by atoms with Crippen LogP contribution in [-0.4, -0.2) is 44.3 Å². The molecule has 1 saturated carbocycles. The molecule has 1 atom stereocenters. The summed E-state index contributed by atoms with van der Waals surface area (Å²) in [6, 6.07) is 0. The van der Waals surface area contributed by atoms with Gasteiger partial charge in [0.2, 0.25) is 0 Å². The highest BCUT2D eigenvalue weighted by molar-refractivity contribution is 9.10. The largest absolute Gasteiger partial charge is 0.444 e. The third kappa shape index (κ3) is 3.87. The van der Waals surface area contributed by atoms with E-state index in [1.807, 2.05) is 38.6 Å². The van der Waals surface area contributed by atoms with Gasteiger partial charge in [-0.3, -0.25) is 0 Å². The minimum Gasteiger partial charge on any atom is -0.444 e. The molecule has 3 rings (SSSR count). The average molecular weight is 414 g/mol. The van der Waals surface area contributed by atoms with Gasteiger partial charge in [0.05, 0.1) is 0 Å². The summed E-state index contributed by atoms with van der Waals surface area (Å²) in [5, 5.41) is 11.2. The van der Waals surface area contributed by atoms with Crippen LogP contribution in [0.15, 0.2) is 10.8 Å². The number of imidazole rings is 1. The number of hydrogen-bond acceptors (Lipinski definition) is 4. The number of aryl methyl sites for hydroxylation is 1. The molecule has 1 aliphatic heterocycles. The molecule has 140 valence electrons. The van der Waals surface area contributed by atoms with Crippen LogP contribution < -0.4 is 0 Å². The number of aliphatic hydroxyl groups is 1. The summed E-state index contributed by atoms with van der Waals surface area (Å²) >= 11 is 3.39. The first-order chi connectivity index (χ1) is 11.5. The van der Waals surface area contributed by atoms with Gasteiger partial charge in [-0.1, -0.05) is 0 Å². The van der Waals surface area contributed by atoms with E-state index in [0.717, 1.165) is 36.1 Å². The van der Waals surface area contributed by atoms with Crippen molar-refractivity contribution in [3.8, 4) is 0 Å². The number of halogens is 1. The zero-order chi connectivity index (χ0) is 18.5. The van der Waals surface area contributed by atoms with Crippen LogP contribution in [0, 0.1) is 5.41 Å². The van der Waals surface area contributed by atoms with Crippen molar-refractivity contribution in [3.05, 3.63) is 16.6 Å². The van der Waals surface area contributed by atoms with E-state index < -0.39 is 11.2 Å². The molecule has 7 heteroatoms. The molecule has 1 spiro atoms. The summed E-state index contributed by atoms with van der Waals surface area (Å²) in [4.78, 5) is 18.5. The number of rotatable bonds is 1. The molecule has 1 aromatic rings. The van der Waals surface area contributed by atoms with Gasteiger partial charge in [-0.15, -0.1) is 0 Å². The highest BCUT2D eigenvalue weighted by atomic mass is 79.9. The molecular formula is C18H28BrN3O3. The van der Waals surface area contributed by atoms with E-state index in [-0.39, 0.29) is 11.5 Å². The first kappa shape index (κ1) is 18.7. The van der Waals surface area contributed by atoms with Gasteiger partial charge in [0.15, 0.2) is 0 Å². The monoisotopic (exact) mass is 413 g/mol. The Balaban J connectivity index is 1.65. The number of likely N-dealkylation sites (tertiary alicyclic amines) is 1. The fraction of sp³-hybridized carbons (Fsp3) is 0.778. The quantitative estimate of drug-likeness (QED) is 0.763. The Kier molecular flexibility index (Phi) is 4.69. The molecule has 25 heavy (non-hydrogen) atoms. The van der Waals surface area contributed by atoms with Crippen molar-refractivity contribution in [2.45, 2.75) is 64.1 Å². The number of carbonyl (C=O) groups is 1. The summed E-state index contributed by atoms with van der Waals surface area (Å²) in [7, 11) is 1.92. The Labute approximate surface area is 157 Å². The van der Waals surface area contributed by atoms with E-state index in [1.165, 1.54) is 0 Å². The van der Waals surface area contributed by atoms with Crippen molar-refractivity contribution in [2.24, 2.45) is 12.5 Å². The maximum Gasteiger partial charge on any atom is 0.410 e. The van der Waals surface area contributed by atoms with E-state index in [0.29, 0.717) is 19.5 Å². The molecule has 2 heterocycles. The van der Waals surface area contributed by atoms with Crippen LogP contribution in [0.5, 0.6) is 0 Å². The van der Waals surface area contributed by atoms with Crippen LogP contribution in [-0.2, 0) is 17.4 Å². The van der Waals surface area contributed by atoms with Crippen LogP contribution in [0.1, 0.15) is 58.7 Å². The van der Waals surface area contributed by atoms with Gasteiger partial charge >= 0.3 is 6.09 Å². The molecule has 1 aliphatic carbocycles. The Hall–Kier alpha value is -1.08.